The van der Waals surface area contributed by atoms with E-state index in [1.54, 1.807) is 12.3 Å². The molecule has 1 unspecified atom stereocenters. The van der Waals surface area contributed by atoms with Gasteiger partial charge in [-0.1, -0.05) is 11.6 Å². The molecule has 1 rings (SSSR count). The zero-order valence-corrected chi connectivity index (χ0v) is 10.9. The Labute approximate surface area is 107 Å². The van der Waals surface area contributed by atoms with Crippen LogP contribution in [0.5, 0.6) is 0 Å². The lowest BCUT2D eigenvalue weighted by Crippen LogP contribution is -2.16. The number of hydrogen-bond donors (Lipinski definition) is 2. The first kappa shape index (κ1) is 13.9. The van der Waals surface area contributed by atoms with E-state index in [0.29, 0.717) is 17.3 Å². The fourth-order valence-electron chi connectivity index (χ4n) is 1.43. The third kappa shape index (κ3) is 5.15. The van der Waals surface area contributed by atoms with Gasteiger partial charge >= 0.3 is 0 Å². The second-order valence-electron chi connectivity index (χ2n) is 4.25. The van der Waals surface area contributed by atoms with Gasteiger partial charge in [0.1, 0.15) is 5.15 Å². The molecule has 0 spiro atoms. The zero-order valence-electron chi connectivity index (χ0n) is 10.2. The van der Waals surface area contributed by atoms with Gasteiger partial charge in [-0.2, -0.15) is 0 Å². The van der Waals surface area contributed by atoms with Gasteiger partial charge in [0.05, 0.1) is 11.9 Å². The predicted molar refractivity (Wildman–Crippen MR) is 70.1 cm³/mol. The Balaban J connectivity index is 2.42. The minimum absolute atomic E-state index is 0.0193. The second-order valence-corrected chi connectivity index (χ2v) is 4.61. The molecule has 0 aliphatic rings. The van der Waals surface area contributed by atoms with Crippen LogP contribution in [0.15, 0.2) is 12.3 Å². The van der Waals surface area contributed by atoms with Gasteiger partial charge in [-0.15, -0.1) is 0 Å². The van der Waals surface area contributed by atoms with E-state index >= 15 is 0 Å². The summed E-state index contributed by atoms with van der Waals surface area (Å²) in [5, 5.41) is 3.24. The van der Waals surface area contributed by atoms with Crippen LogP contribution in [-0.2, 0) is 4.79 Å². The molecule has 1 aromatic rings. The minimum atomic E-state index is -0.0193. The average molecular weight is 256 g/mol. The van der Waals surface area contributed by atoms with Crippen molar-refractivity contribution in [1.29, 1.82) is 0 Å². The molecule has 94 valence electrons. The van der Waals surface area contributed by atoms with E-state index in [-0.39, 0.29) is 11.9 Å². The smallest absolute Gasteiger partial charge is 0.224 e. The Kier molecular flexibility index (Phi) is 5.38. The summed E-state index contributed by atoms with van der Waals surface area (Å²) < 4.78 is 0. The zero-order chi connectivity index (χ0) is 12.8. The Bertz CT molecular complexity index is 393. The van der Waals surface area contributed by atoms with Crippen molar-refractivity contribution < 1.29 is 4.79 Å². The number of carbonyl (C=O) groups is 1. The number of nitrogens with two attached hydrogens (primary N) is 1. The van der Waals surface area contributed by atoms with Crippen LogP contribution in [0.3, 0.4) is 0 Å². The van der Waals surface area contributed by atoms with Gasteiger partial charge in [-0.05, 0) is 38.3 Å². The first-order chi connectivity index (χ1) is 7.99. The van der Waals surface area contributed by atoms with E-state index in [0.717, 1.165) is 18.4 Å². The number of pyridine rings is 1. The van der Waals surface area contributed by atoms with E-state index in [4.69, 9.17) is 17.3 Å². The van der Waals surface area contributed by atoms with Gasteiger partial charge in [0.25, 0.3) is 0 Å². The topological polar surface area (TPSA) is 68.0 Å². The first-order valence-corrected chi connectivity index (χ1v) is 6.04. The fraction of sp³-hybridized carbons (Fsp3) is 0.500. The Morgan fingerprint density at radius 2 is 2.35 bits per heavy atom. The van der Waals surface area contributed by atoms with E-state index in [2.05, 4.69) is 10.3 Å². The van der Waals surface area contributed by atoms with Crippen LogP contribution >= 0.6 is 11.6 Å². The molecule has 1 amide bonds. The van der Waals surface area contributed by atoms with Crippen molar-refractivity contribution in [1.82, 2.24) is 4.98 Å². The van der Waals surface area contributed by atoms with Crippen LogP contribution in [0.1, 0.15) is 31.7 Å². The summed E-state index contributed by atoms with van der Waals surface area (Å²) >= 11 is 5.80. The molecule has 0 radical (unpaired) electrons. The van der Waals surface area contributed by atoms with Crippen LogP contribution in [0.4, 0.5) is 5.69 Å². The molecule has 0 aromatic carbocycles. The van der Waals surface area contributed by atoms with Crippen LogP contribution in [0, 0.1) is 6.92 Å². The fourth-order valence-corrected chi connectivity index (χ4v) is 1.54. The maximum Gasteiger partial charge on any atom is 0.224 e. The van der Waals surface area contributed by atoms with Crippen molar-refractivity contribution in [2.75, 3.05) is 5.32 Å². The number of nitrogens with zero attached hydrogens (tertiary/aromatic N) is 1. The summed E-state index contributed by atoms with van der Waals surface area (Å²) in [7, 11) is 0. The number of amides is 1. The average Bonchev–Trinajstić information content (AvgIpc) is 2.23. The lowest BCUT2D eigenvalue weighted by Gasteiger charge is -2.07. The number of rotatable bonds is 5. The van der Waals surface area contributed by atoms with Crippen molar-refractivity contribution in [2.45, 2.75) is 39.2 Å². The van der Waals surface area contributed by atoms with Crippen LogP contribution in [0.2, 0.25) is 5.15 Å². The summed E-state index contributed by atoms with van der Waals surface area (Å²) in [6, 6.07) is 1.95. The third-order valence-electron chi connectivity index (χ3n) is 2.36. The molecule has 17 heavy (non-hydrogen) atoms. The van der Waals surface area contributed by atoms with Gasteiger partial charge in [0.15, 0.2) is 0 Å². The largest absolute Gasteiger partial charge is 0.328 e. The molecule has 0 saturated heterocycles. The molecule has 5 heteroatoms. The molecule has 0 aliphatic heterocycles. The van der Waals surface area contributed by atoms with Gasteiger partial charge in [-0.3, -0.25) is 4.79 Å². The number of halogens is 1. The predicted octanol–water partition coefficient (Wildman–Crippen LogP) is 2.50. The number of nitrogens with one attached hydrogen (secondary N) is 1. The van der Waals surface area contributed by atoms with Crippen molar-refractivity contribution in [2.24, 2.45) is 5.73 Å². The lowest BCUT2D eigenvalue weighted by atomic mass is 10.1. The highest BCUT2D eigenvalue weighted by Gasteiger charge is 2.05. The van der Waals surface area contributed by atoms with Crippen LogP contribution < -0.4 is 11.1 Å². The Hall–Kier alpha value is -1.13. The van der Waals surface area contributed by atoms with Gasteiger partial charge in [-0.25, -0.2) is 4.98 Å². The molecule has 0 aliphatic carbocycles. The van der Waals surface area contributed by atoms with E-state index in [1.807, 2.05) is 13.8 Å². The second kappa shape index (κ2) is 6.57. The molecular weight excluding hydrogens is 238 g/mol. The first-order valence-electron chi connectivity index (χ1n) is 5.66. The van der Waals surface area contributed by atoms with Gasteiger partial charge in [0, 0.05) is 12.5 Å². The number of aromatic nitrogens is 1. The maximum absolute atomic E-state index is 11.6. The van der Waals surface area contributed by atoms with Crippen molar-refractivity contribution in [3.8, 4) is 0 Å². The molecule has 1 heterocycles. The molecule has 0 saturated carbocycles. The maximum atomic E-state index is 11.6. The number of carbonyl (C=O) groups excluding carboxylic acids is 1. The summed E-state index contributed by atoms with van der Waals surface area (Å²) in [5.74, 6) is -0.0193. The summed E-state index contributed by atoms with van der Waals surface area (Å²) in [4.78, 5) is 15.5. The van der Waals surface area contributed by atoms with Gasteiger partial charge < -0.3 is 11.1 Å². The summed E-state index contributed by atoms with van der Waals surface area (Å²) in [6.45, 7) is 3.78. The highest BCUT2D eigenvalue weighted by molar-refractivity contribution is 6.30. The minimum Gasteiger partial charge on any atom is -0.328 e. The molecular formula is C12H18ClN3O. The molecule has 0 fully saturated rings. The molecule has 1 atom stereocenters. The third-order valence-corrected chi connectivity index (χ3v) is 2.76. The standard InChI is InChI=1S/C12H18ClN3O/c1-8-6-10(7-15-12(8)13)16-11(17)5-3-4-9(2)14/h6-7,9H,3-5,14H2,1-2H3,(H,16,17). The number of aryl methyl sites for hydroxylation is 1. The SMILES string of the molecule is Cc1cc(NC(=O)CCCC(C)N)cnc1Cl. The van der Waals surface area contributed by atoms with E-state index in [9.17, 15) is 4.79 Å². The lowest BCUT2D eigenvalue weighted by molar-refractivity contribution is -0.116. The Morgan fingerprint density at radius 3 is 2.94 bits per heavy atom. The van der Waals surface area contributed by atoms with Crippen molar-refractivity contribution >= 4 is 23.2 Å². The molecule has 3 N–H and O–H groups in total. The van der Waals surface area contributed by atoms with Crippen LogP contribution in [0.25, 0.3) is 0 Å². The Morgan fingerprint density at radius 1 is 1.65 bits per heavy atom. The van der Waals surface area contributed by atoms with Crippen LogP contribution in [-0.4, -0.2) is 16.9 Å². The summed E-state index contributed by atoms with van der Waals surface area (Å²) in [6.07, 6.45) is 3.68. The molecule has 0 bridgehead atoms. The van der Waals surface area contributed by atoms with Crippen molar-refractivity contribution in [3.63, 3.8) is 0 Å². The number of anilines is 1. The molecule has 1 aromatic heterocycles. The quantitative estimate of drug-likeness (QED) is 0.795. The highest BCUT2D eigenvalue weighted by atomic mass is 35.5. The number of hydrogen-bond acceptors (Lipinski definition) is 3. The van der Waals surface area contributed by atoms with E-state index in [1.165, 1.54) is 0 Å². The highest BCUT2D eigenvalue weighted by Crippen LogP contribution is 2.16. The van der Waals surface area contributed by atoms with Gasteiger partial charge in [0.2, 0.25) is 5.91 Å². The molecule has 4 nitrogen and oxygen atoms in total. The normalized spacial score (nSPS) is 12.2. The monoisotopic (exact) mass is 255 g/mol. The van der Waals surface area contributed by atoms with Crippen molar-refractivity contribution in [3.05, 3.63) is 23.0 Å². The van der Waals surface area contributed by atoms with E-state index < -0.39 is 0 Å². The summed E-state index contributed by atoms with van der Waals surface area (Å²) in [5.41, 5.74) is 7.14.